The van der Waals surface area contributed by atoms with E-state index in [4.69, 9.17) is 0 Å². The molecule has 0 fully saturated rings. The van der Waals surface area contributed by atoms with E-state index in [1.807, 2.05) is 14.0 Å². The molecule has 0 spiro atoms. The zero-order valence-corrected chi connectivity index (χ0v) is 15.8. The summed E-state index contributed by atoms with van der Waals surface area (Å²) in [6.07, 6.45) is 0. The van der Waals surface area contributed by atoms with Gasteiger partial charge in [0.05, 0.1) is 4.88 Å². The molecule has 0 aliphatic rings. The van der Waals surface area contributed by atoms with E-state index >= 15 is 0 Å². The molecule has 3 amide bonds. The molecule has 27 heavy (non-hydrogen) atoms. The van der Waals surface area contributed by atoms with Crippen LogP contribution in [0.25, 0.3) is 21.5 Å². The average Bonchev–Trinajstić information content (AvgIpc) is 3.21. The molecule has 7 nitrogen and oxygen atoms in total. The molecule has 0 unspecified atom stereocenters. The van der Waals surface area contributed by atoms with Crippen LogP contribution < -0.4 is 16.0 Å². The predicted octanol–water partition coefficient (Wildman–Crippen LogP) is 2.49. The lowest BCUT2D eigenvalue weighted by molar-refractivity contribution is 0.0958. The maximum Gasteiger partial charge on any atom is 0.314 e. The Kier molecular flexibility index (Phi) is 5.70. The van der Waals surface area contributed by atoms with E-state index in [-0.39, 0.29) is 17.8 Å². The summed E-state index contributed by atoms with van der Waals surface area (Å²) in [6, 6.07) is 7.64. The van der Waals surface area contributed by atoms with Crippen LogP contribution in [0.2, 0.25) is 0 Å². The van der Waals surface area contributed by atoms with Crippen LogP contribution in [0.3, 0.4) is 0 Å². The minimum atomic E-state index is -0.308. The third kappa shape index (κ3) is 4.25. The van der Waals surface area contributed by atoms with Crippen LogP contribution >= 0.6 is 11.3 Å². The molecule has 0 aliphatic heterocycles. The first kappa shape index (κ1) is 18.8. The molecule has 9 heteroatoms. The summed E-state index contributed by atoms with van der Waals surface area (Å²) in [4.78, 5) is 25.1. The number of nitrogens with zero attached hydrogens (tertiary/aromatic N) is 2. The smallest absolute Gasteiger partial charge is 0.314 e. The van der Waals surface area contributed by atoms with Gasteiger partial charge in [-0.25, -0.2) is 9.18 Å². The summed E-state index contributed by atoms with van der Waals surface area (Å²) in [5.74, 6) is -0.517. The normalized spacial score (nSPS) is 10.8. The van der Waals surface area contributed by atoms with E-state index in [0.717, 1.165) is 15.8 Å². The van der Waals surface area contributed by atoms with E-state index in [9.17, 15) is 14.0 Å². The SMILES string of the molecule is CCNC(=O)NCCNC(=O)c1cc2c(-c3ccc(F)cc3)nn(C)c2s1. The van der Waals surface area contributed by atoms with Gasteiger partial charge in [0.2, 0.25) is 0 Å². The molecule has 0 saturated heterocycles. The average molecular weight is 389 g/mol. The topological polar surface area (TPSA) is 88.1 Å². The van der Waals surface area contributed by atoms with Gasteiger partial charge in [0, 0.05) is 37.6 Å². The van der Waals surface area contributed by atoms with E-state index in [0.29, 0.717) is 30.2 Å². The van der Waals surface area contributed by atoms with Crippen molar-refractivity contribution in [2.45, 2.75) is 6.92 Å². The summed E-state index contributed by atoms with van der Waals surface area (Å²) >= 11 is 1.34. The quantitative estimate of drug-likeness (QED) is 0.566. The highest BCUT2D eigenvalue weighted by Gasteiger charge is 2.17. The van der Waals surface area contributed by atoms with Gasteiger partial charge in [0.25, 0.3) is 5.91 Å². The molecule has 0 saturated carbocycles. The molecule has 0 bridgehead atoms. The summed E-state index contributed by atoms with van der Waals surface area (Å²) < 4.78 is 14.9. The van der Waals surface area contributed by atoms with E-state index < -0.39 is 0 Å². The van der Waals surface area contributed by atoms with Gasteiger partial charge in [-0.2, -0.15) is 5.10 Å². The maximum atomic E-state index is 13.2. The van der Waals surface area contributed by atoms with Gasteiger partial charge < -0.3 is 16.0 Å². The van der Waals surface area contributed by atoms with Crippen molar-refractivity contribution in [3.8, 4) is 11.3 Å². The van der Waals surface area contributed by atoms with Crippen molar-refractivity contribution in [1.29, 1.82) is 0 Å². The molecule has 3 N–H and O–H groups in total. The second kappa shape index (κ2) is 8.17. The molecule has 142 valence electrons. The number of aryl methyl sites for hydroxylation is 1. The Balaban J connectivity index is 1.71. The Labute approximate surface area is 159 Å². The van der Waals surface area contributed by atoms with Crippen molar-refractivity contribution in [3.05, 3.63) is 41.0 Å². The number of halogens is 1. The Bertz CT molecular complexity index is 964. The van der Waals surface area contributed by atoms with Gasteiger partial charge in [0.15, 0.2) is 0 Å². The van der Waals surface area contributed by atoms with Crippen LogP contribution in [0.4, 0.5) is 9.18 Å². The number of amides is 3. The van der Waals surface area contributed by atoms with Gasteiger partial charge in [-0.05, 0) is 37.3 Å². The van der Waals surface area contributed by atoms with Crippen LogP contribution in [0.15, 0.2) is 30.3 Å². The number of fused-ring (bicyclic) bond motifs is 1. The van der Waals surface area contributed by atoms with Gasteiger partial charge in [-0.15, -0.1) is 11.3 Å². The third-order valence-electron chi connectivity index (χ3n) is 3.89. The molecule has 0 atom stereocenters. The molecule has 0 aliphatic carbocycles. The zero-order valence-electron chi connectivity index (χ0n) is 15.0. The van der Waals surface area contributed by atoms with Crippen LogP contribution in [0.5, 0.6) is 0 Å². The molecule has 1 aromatic carbocycles. The van der Waals surface area contributed by atoms with E-state index in [1.54, 1.807) is 22.9 Å². The molecular formula is C18H20FN5O2S. The van der Waals surface area contributed by atoms with Gasteiger partial charge in [0.1, 0.15) is 16.3 Å². The monoisotopic (exact) mass is 389 g/mol. The predicted molar refractivity (Wildman–Crippen MR) is 103 cm³/mol. The Morgan fingerprint density at radius 3 is 2.56 bits per heavy atom. The number of hydrogen-bond acceptors (Lipinski definition) is 4. The number of aromatic nitrogens is 2. The van der Waals surface area contributed by atoms with Crippen LogP contribution in [-0.2, 0) is 7.05 Å². The number of thiophene rings is 1. The van der Waals surface area contributed by atoms with Crippen LogP contribution in [0.1, 0.15) is 16.6 Å². The number of nitrogens with one attached hydrogen (secondary N) is 3. The first-order valence-corrected chi connectivity index (χ1v) is 9.33. The molecule has 3 rings (SSSR count). The number of urea groups is 1. The Hall–Kier alpha value is -2.94. The zero-order chi connectivity index (χ0) is 19.4. The first-order valence-electron chi connectivity index (χ1n) is 8.52. The van der Waals surface area contributed by atoms with Crippen molar-refractivity contribution < 1.29 is 14.0 Å². The second-order valence-corrected chi connectivity index (χ2v) is 6.88. The van der Waals surface area contributed by atoms with Gasteiger partial charge >= 0.3 is 6.03 Å². The third-order valence-corrected chi connectivity index (χ3v) is 5.09. The summed E-state index contributed by atoms with van der Waals surface area (Å²) in [6.45, 7) is 3.04. The number of hydrogen-bond donors (Lipinski definition) is 3. The van der Waals surface area contributed by atoms with E-state index in [2.05, 4.69) is 21.0 Å². The number of benzene rings is 1. The molecular weight excluding hydrogens is 369 g/mol. The van der Waals surface area contributed by atoms with Gasteiger partial charge in [-0.1, -0.05) is 0 Å². The van der Waals surface area contributed by atoms with Crippen molar-refractivity contribution >= 4 is 33.5 Å². The summed E-state index contributed by atoms with van der Waals surface area (Å²) in [5.41, 5.74) is 1.50. The number of rotatable bonds is 6. The Morgan fingerprint density at radius 2 is 1.85 bits per heavy atom. The lowest BCUT2D eigenvalue weighted by Crippen LogP contribution is -2.40. The highest BCUT2D eigenvalue weighted by atomic mass is 32.1. The first-order chi connectivity index (χ1) is 13.0. The largest absolute Gasteiger partial charge is 0.350 e. The number of carbonyl (C=O) groups excluding carboxylic acids is 2. The van der Waals surface area contributed by atoms with Crippen molar-refractivity contribution in [1.82, 2.24) is 25.7 Å². The van der Waals surface area contributed by atoms with Gasteiger partial charge in [-0.3, -0.25) is 9.48 Å². The minimum Gasteiger partial charge on any atom is -0.350 e. The fourth-order valence-electron chi connectivity index (χ4n) is 2.64. The van der Waals surface area contributed by atoms with Crippen molar-refractivity contribution in [3.63, 3.8) is 0 Å². The fraction of sp³-hybridized carbons (Fsp3) is 0.278. The minimum absolute atomic E-state index is 0.209. The second-order valence-electron chi connectivity index (χ2n) is 5.85. The van der Waals surface area contributed by atoms with Crippen LogP contribution in [0, 0.1) is 5.82 Å². The molecule has 3 aromatic rings. The fourth-order valence-corrected chi connectivity index (χ4v) is 3.62. The molecule has 2 aromatic heterocycles. The lowest BCUT2D eigenvalue weighted by atomic mass is 10.1. The maximum absolute atomic E-state index is 13.2. The standard InChI is InChI=1S/C18H20FN5O2S/c1-3-20-18(26)22-9-8-21-16(25)14-10-13-15(23-24(2)17(13)27-14)11-4-6-12(19)7-5-11/h4-7,10H,3,8-9H2,1-2H3,(H,21,25)(H2,20,22,26). The molecule has 2 heterocycles. The highest BCUT2D eigenvalue weighted by molar-refractivity contribution is 7.20. The Morgan fingerprint density at radius 1 is 1.15 bits per heavy atom. The summed E-state index contributed by atoms with van der Waals surface area (Å²) in [5, 5.41) is 13.4. The van der Waals surface area contributed by atoms with Crippen LogP contribution in [-0.4, -0.2) is 41.4 Å². The van der Waals surface area contributed by atoms with Crippen molar-refractivity contribution in [2.75, 3.05) is 19.6 Å². The van der Waals surface area contributed by atoms with Crippen molar-refractivity contribution in [2.24, 2.45) is 7.05 Å². The lowest BCUT2D eigenvalue weighted by Gasteiger charge is -2.06. The number of carbonyl (C=O) groups is 2. The van der Waals surface area contributed by atoms with E-state index in [1.165, 1.54) is 23.5 Å². The molecule has 0 radical (unpaired) electrons. The highest BCUT2D eigenvalue weighted by Crippen LogP contribution is 2.33. The summed E-state index contributed by atoms with van der Waals surface area (Å²) in [7, 11) is 1.81.